The summed E-state index contributed by atoms with van der Waals surface area (Å²) in [6.07, 6.45) is -4.62. The number of nitrogens with zero attached hydrogens (tertiary/aromatic N) is 1. The van der Waals surface area contributed by atoms with E-state index in [4.69, 9.17) is 16.3 Å². The zero-order valence-corrected chi connectivity index (χ0v) is 15.9. The number of benzene rings is 2. The lowest BCUT2D eigenvalue weighted by atomic mass is 10.1. The average molecular weight is 401 g/mol. The number of likely N-dealkylation sites (N-methyl/N-ethyl adjacent to an activating group) is 1. The summed E-state index contributed by atoms with van der Waals surface area (Å²) in [7, 11) is 3.29. The second kappa shape index (κ2) is 8.63. The summed E-state index contributed by atoms with van der Waals surface area (Å²) < 4.78 is 44.6. The maximum Gasteiger partial charge on any atom is 0.418 e. The summed E-state index contributed by atoms with van der Waals surface area (Å²) >= 11 is 5.65. The largest absolute Gasteiger partial charge is 0.497 e. The Morgan fingerprint density at radius 2 is 1.85 bits per heavy atom. The number of hydrogen-bond donors (Lipinski definition) is 1. The number of anilines is 1. The van der Waals surface area contributed by atoms with Crippen LogP contribution in [-0.2, 0) is 17.5 Å². The molecule has 0 aromatic heterocycles. The van der Waals surface area contributed by atoms with Gasteiger partial charge in [-0.25, -0.2) is 0 Å². The summed E-state index contributed by atoms with van der Waals surface area (Å²) in [5.74, 6) is 0.174. The van der Waals surface area contributed by atoms with Crippen molar-refractivity contribution in [2.24, 2.45) is 0 Å². The van der Waals surface area contributed by atoms with Gasteiger partial charge in [0.1, 0.15) is 5.75 Å². The first kappa shape index (κ1) is 21.1. The van der Waals surface area contributed by atoms with Gasteiger partial charge in [-0.2, -0.15) is 13.2 Å². The lowest BCUT2D eigenvalue weighted by molar-refractivity contribution is -0.137. The number of methoxy groups -OCH3 is 1. The molecular weight excluding hydrogens is 381 g/mol. The topological polar surface area (TPSA) is 41.6 Å². The van der Waals surface area contributed by atoms with Crippen LogP contribution < -0.4 is 10.1 Å². The third-order valence-corrected chi connectivity index (χ3v) is 4.41. The molecule has 1 N–H and O–H groups in total. The fourth-order valence-electron chi connectivity index (χ4n) is 2.45. The van der Waals surface area contributed by atoms with Gasteiger partial charge in [-0.1, -0.05) is 23.7 Å². The summed E-state index contributed by atoms with van der Waals surface area (Å²) in [6, 6.07) is 9.93. The third kappa shape index (κ3) is 5.61. The number of amides is 1. The van der Waals surface area contributed by atoms with Crippen molar-refractivity contribution in [2.45, 2.75) is 25.7 Å². The van der Waals surface area contributed by atoms with Gasteiger partial charge in [0.15, 0.2) is 0 Å². The van der Waals surface area contributed by atoms with Crippen molar-refractivity contribution >= 4 is 23.2 Å². The van der Waals surface area contributed by atoms with Gasteiger partial charge in [0.05, 0.1) is 24.4 Å². The van der Waals surface area contributed by atoms with E-state index in [-0.39, 0.29) is 10.7 Å². The van der Waals surface area contributed by atoms with Crippen LogP contribution >= 0.6 is 11.6 Å². The van der Waals surface area contributed by atoms with Gasteiger partial charge in [0.25, 0.3) is 0 Å². The second-order valence-electron chi connectivity index (χ2n) is 6.12. The van der Waals surface area contributed by atoms with Crippen LogP contribution in [0.25, 0.3) is 0 Å². The van der Waals surface area contributed by atoms with Crippen molar-refractivity contribution in [3.63, 3.8) is 0 Å². The molecule has 0 saturated heterocycles. The van der Waals surface area contributed by atoms with E-state index in [1.807, 2.05) is 12.1 Å². The molecule has 0 aliphatic carbocycles. The van der Waals surface area contributed by atoms with Crippen LogP contribution in [0.2, 0.25) is 5.02 Å². The Morgan fingerprint density at radius 1 is 1.22 bits per heavy atom. The zero-order valence-electron chi connectivity index (χ0n) is 15.1. The lowest BCUT2D eigenvalue weighted by Gasteiger charge is -2.24. The predicted molar refractivity (Wildman–Crippen MR) is 99.0 cm³/mol. The van der Waals surface area contributed by atoms with Gasteiger partial charge in [-0.05, 0) is 49.9 Å². The first-order chi connectivity index (χ1) is 12.6. The molecule has 2 rings (SSSR count). The van der Waals surface area contributed by atoms with Crippen molar-refractivity contribution < 1.29 is 22.7 Å². The van der Waals surface area contributed by atoms with Crippen molar-refractivity contribution in [1.82, 2.24) is 4.90 Å². The minimum absolute atomic E-state index is 0.0509. The molecule has 0 unspecified atom stereocenters. The molecule has 0 heterocycles. The van der Waals surface area contributed by atoms with Gasteiger partial charge >= 0.3 is 6.18 Å². The number of ether oxygens (including phenoxy) is 1. The highest BCUT2D eigenvalue weighted by molar-refractivity contribution is 6.30. The Hall–Kier alpha value is -2.25. The van der Waals surface area contributed by atoms with Gasteiger partial charge in [-0.3, -0.25) is 9.69 Å². The molecule has 8 heteroatoms. The average Bonchev–Trinajstić information content (AvgIpc) is 2.62. The van der Waals surface area contributed by atoms with Gasteiger partial charge in [0, 0.05) is 11.6 Å². The van der Waals surface area contributed by atoms with Crippen molar-refractivity contribution in [2.75, 3.05) is 19.5 Å². The molecule has 0 bridgehead atoms. The molecule has 2 aromatic carbocycles. The summed E-state index contributed by atoms with van der Waals surface area (Å²) in [5, 5.41) is 2.30. The molecular formula is C19H20ClF3N2O2. The number of alkyl halides is 3. The lowest BCUT2D eigenvalue weighted by Crippen LogP contribution is -2.39. The molecule has 0 aliphatic rings. The summed E-state index contributed by atoms with van der Waals surface area (Å²) in [6.45, 7) is 2.08. The Labute approximate surface area is 160 Å². The first-order valence-corrected chi connectivity index (χ1v) is 8.50. The number of hydrogen-bond acceptors (Lipinski definition) is 3. The van der Waals surface area contributed by atoms with E-state index in [2.05, 4.69) is 5.32 Å². The number of carbonyl (C=O) groups excluding carboxylic acids is 1. The fraction of sp³-hybridized carbons (Fsp3) is 0.316. The third-order valence-electron chi connectivity index (χ3n) is 4.18. The maximum absolute atomic E-state index is 13.2. The number of rotatable bonds is 6. The molecule has 2 aromatic rings. The van der Waals surface area contributed by atoms with Crippen LogP contribution in [0.3, 0.4) is 0 Å². The van der Waals surface area contributed by atoms with E-state index < -0.39 is 23.7 Å². The molecule has 0 spiro atoms. The van der Waals surface area contributed by atoms with E-state index in [9.17, 15) is 18.0 Å². The van der Waals surface area contributed by atoms with E-state index in [0.717, 1.165) is 23.4 Å². The predicted octanol–water partition coefficient (Wildman–Crippen LogP) is 4.83. The smallest absolute Gasteiger partial charge is 0.418 e. The Balaban J connectivity index is 2.08. The molecule has 0 radical (unpaired) electrons. The van der Waals surface area contributed by atoms with Crippen molar-refractivity contribution in [1.29, 1.82) is 0 Å². The molecule has 0 saturated carbocycles. The fourth-order valence-corrected chi connectivity index (χ4v) is 2.63. The Bertz CT molecular complexity index is 795. The molecule has 1 amide bonds. The molecule has 27 heavy (non-hydrogen) atoms. The van der Waals surface area contributed by atoms with Gasteiger partial charge < -0.3 is 10.1 Å². The molecule has 4 nitrogen and oxygen atoms in total. The van der Waals surface area contributed by atoms with E-state index in [1.54, 1.807) is 38.1 Å². The second-order valence-corrected chi connectivity index (χ2v) is 6.55. The number of carbonyl (C=O) groups is 1. The van der Waals surface area contributed by atoms with Crippen LogP contribution in [0, 0.1) is 0 Å². The molecule has 146 valence electrons. The van der Waals surface area contributed by atoms with Gasteiger partial charge in [0.2, 0.25) is 5.91 Å². The molecule has 1 atom stereocenters. The Kier molecular flexibility index (Phi) is 6.73. The highest BCUT2D eigenvalue weighted by Crippen LogP contribution is 2.36. The van der Waals surface area contributed by atoms with Crippen molar-refractivity contribution in [3.8, 4) is 5.75 Å². The van der Waals surface area contributed by atoms with E-state index in [0.29, 0.717) is 6.54 Å². The normalized spacial score (nSPS) is 12.7. The molecule has 0 aliphatic heterocycles. The summed E-state index contributed by atoms with van der Waals surface area (Å²) in [5.41, 5.74) is -0.352. The first-order valence-electron chi connectivity index (χ1n) is 8.12. The van der Waals surface area contributed by atoms with Crippen LogP contribution in [0.5, 0.6) is 5.75 Å². The quantitative estimate of drug-likeness (QED) is 0.755. The van der Waals surface area contributed by atoms with E-state index in [1.165, 1.54) is 6.07 Å². The number of nitrogens with one attached hydrogen (secondary N) is 1. The minimum Gasteiger partial charge on any atom is -0.497 e. The summed E-state index contributed by atoms with van der Waals surface area (Å²) in [4.78, 5) is 14.2. The standard InChI is InChI=1S/C19H20ClF3N2O2/c1-12(25(2)11-13-4-7-15(27-3)8-5-13)18(26)24-17-9-6-14(20)10-16(17)19(21,22)23/h4-10,12H,11H2,1-3H3,(H,24,26)/t12-/m1/s1. The van der Waals surface area contributed by atoms with Crippen LogP contribution in [0.4, 0.5) is 18.9 Å². The SMILES string of the molecule is COc1ccc(CN(C)[C@H](C)C(=O)Nc2ccc(Cl)cc2C(F)(F)F)cc1. The maximum atomic E-state index is 13.2. The van der Waals surface area contributed by atoms with Gasteiger partial charge in [-0.15, -0.1) is 0 Å². The number of halogens is 4. The van der Waals surface area contributed by atoms with Crippen molar-refractivity contribution in [3.05, 3.63) is 58.6 Å². The zero-order chi connectivity index (χ0) is 20.2. The van der Waals surface area contributed by atoms with Crippen LogP contribution in [0.15, 0.2) is 42.5 Å². The van der Waals surface area contributed by atoms with Crippen LogP contribution in [-0.4, -0.2) is 31.0 Å². The molecule has 0 fully saturated rings. The van der Waals surface area contributed by atoms with Crippen LogP contribution in [0.1, 0.15) is 18.1 Å². The van der Waals surface area contributed by atoms with E-state index >= 15 is 0 Å². The highest BCUT2D eigenvalue weighted by atomic mass is 35.5. The Morgan fingerprint density at radius 3 is 2.41 bits per heavy atom. The monoisotopic (exact) mass is 400 g/mol. The highest BCUT2D eigenvalue weighted by Gasteiger charge is 2.34. The minimum atomic E-state index is -4.62.